The normalized spacial score (nSPS) is 11.6. The first-order valence-corrected chi connectivity index (χ1v) is 9.50. The van der Waals surface area contributed by atoms with Crippen molar-refractivity contribution in [3.05, 3.63) is 53.6 Å². The maximum Gasteiger partial charge on any atom is 0.178 e. The predicted octanol–water partition coefficient (Wildman–Crippen LogP) is 3.72. The van der Waals surface area contributed by atoms with E-state index in [1.807, 2.05) is 18.4 Å². The van der Waals surface area contributed by atoms with Crippen LogP contribution in [0.4, 0.5) is 4.39 Å². The third-order valence-corrected chi connectivity index (χ3v) is 5.44. The zero-order valence-corrected chi connectivity index (χ0v) is 14.1. The zero-order valence-electron chi connectivity index (χ0n) is 12.4. The van der Waals surface area contributed by atoms with E-state index in [-0.39, 0.29) is 4.90 Å². The summed E-state index contributed by atoms with van der Waals surface area (Å²) in [4.78, 5) is 8.23. The smallest absolute Gasteiger partial charge is 0.178 e. The third-order valence-electron chi connectivity index (χ3n) is 3.31. The molecule has 2 heterocycles. The molecule has 3 aromatic rings. The van der Waals surface area contributed by atoms with E-state index in [4.69, 9.17) is 0 Å². The topological polar surface area (TPSA) is 59.9 Å². The molecule has 0 saturated heterocycles. The largest absolute Gasteiger partial charge is 0.264 e. The fourth-order valence-corrected chi connectivity index (χ4v) is 3.82. The number of pyridine rings is 1. The van der Waals surface area contributed by atoms with Crippen LogP contribution in [0.25, 0.3) is 21.7 Å². The predicted molar refractivity (Wildman–Crippen MR) is 88.6 cm³/mol. The van der Waals surface area contributed by atoms with Crippen molar-refractivity contribution in [2.45, 2.75) is 11.8 Å². The van der Waals surface area contributed by atoms with E-state index in [2.05, 4.69) is 9.97 Å². The Morgan fingerprint density at radius 2 is 1.96 bits per heavy atom. The molecule has 0 aliphatic heterocycles. The number of aryl methyl sites for hydroxylation is 1. The molecule has 23 heavy (non-hydrogen) atoms. The van der Waals surface area contributed by atoms with Crippen LogP contribution >= 0.6 is 11.3 Å². The molecule has 0 unspecified atom stereocenters. The van der Waals surface area contributed by atoms with Gasteiger partial charge >= 0.3 is 0 Å². The Kier molecular flexibility index (Phi) is 3.99. The van der Waals surface area contributed by atoms with Crippen LogP contribution in [0.5, 0.6) is 0 Å². The van der Waals surface area contributed by atoms with E-state index < -0.39 is 15.7 Å². The molecular weight excluding hydrogens is 335 g/mol. The summed E-state index contributed by atoms with van der Waals surface area (Å²) >= 11 is 1.49. The van der Waals surface area contributed by atoms with Gasteiger partial charge in [0, 0.05) is 40.9 Å². The summed E-state index contributed by atoms with van der Waals surface area (Å²) in [6.07, 6.45) is 4.26. The number of thiazole rings is 1. The van der Waals surface area contributed by atoms with Crippen LogP contribution in [0.3, 0.4) is 0 Å². The summed E-state index contributed by atoms with van der Waals surface area (Å²) in [5.41, 5.74) is 3.02. The lowest BCUT2D eigenvalue weighted by Gasteiger charge is -2.08. The first kappa shape index (κ1) is 15.8. The highest BCUT2D eigenvalue weighted by molar-refractivity contribution is 7.90. The van der Waals surface area contributed by atoms with Crippen molar-refractivity contribution in [1.82, 2.24) is 9.97 Å². The lowest BCUT2D eigenvalue weighted by molar-refractivity contribution is 0.571. The number of aromatic nitrogens is 2. The summed E-state index contributed by atoms with van der Waals surface area (Å²) in [5.74, 6) is -0.768. The molecule has 0 bridgehead atoms. The molecule has 0 fully saturated rings. The maximum absolute atomic E-state index is 14.2. The van der Waals surface area contributed by atoms with Gasteiger partial charge in [-0.3, -0.25) is 4.98 Å². The number of halogens is 1. The van der Waals surface area contributed by atoms with Gasteiger partial charge in [0.1, 0.15) is 15.7 Å². The monoisotopic (exact) mass is 348 g/mol. The van der Waals surface area contributed by atoms with E-state index >= 15 is 0 Å². The summed E-state index contributed by atoms with van der Waals surface area (Å²) in [5, 5.41) is 2.75. The van der Waals surface area contributed by atoms with Crippen molar-refractivity contribution >= 4 is 21.2 Å². The van der Waals surface area contributed by atoms with Gasteiger partial charge in [0.2, 0.25) is 0 Å². The second kappa shape index (κ2) is 5.82. The van der Waals surface area contributed by atoms with Crippen molar-refractivity contribution in [1.29, 1.82) is 0 Å². The average Bonchev–Trinajstić information content (AvgIpc) is 2.92. The van der Waals surface area contributed by atoms with E-state index in [1.54, 1.807) is 18.5 Å². The Morgan fingerprint density at radius 1 is 1.17 bits per heavy atom. The summed E-state index contributed by atoms with van der Waals surface area (Å²) < 4.78 is 37.2. The number of hydrogen-bond acceptors (Lipinski definition) is 5. The number of hydrogen-bond donors (Lipinski definition) is 0. The fourth-order valence-electron chi connectivity index (χ4n) is 2.26. The average molecular weight is 348 g/mol. The van der Waals surface area contributed by atoms with Crippen molar-refractivity contribution in [3.63, 3.8) is 0 Å². The maximum atomic E-state index is 14.2. The first-order valence-electron chi connectivity index (χ1n) is 6.73. The van der Waals surface area contributed by atoms with E-state index in [1.165, 1.54) is 23.5 Å². The van der Waals surface area contributed by atoms with Crippen LogP contribution in [-0.4, -0.2) is 24.6 Å². The third kappa shape index (κ3) is 3.16. The van der Waals surface area contributed by atoms with E-state index in [9.17, 15) is 12.8 Å². The highest BCUT2D eigenvalue weighted by atomic mass is 32.2. The number of nitrogens with zero attached hydrogens (tertiary/aromatic N) is 2. The molecule has 7 heteroatoms. The first-order chi connectivity index (χ1) is 10.9. The Hall–Kier alpha value is -2.12. The van der Waals surface area contributed by atoms with Crippen LogP contribution in [0.2, 0.25) is 0 Å². The van der Waals surface area contributed by atoms with Gasteiger partial charge in [-0.2, -0.15) is 0 Å². The summed E-state index contributed by atoms with van der Waals surface area (Å²) in [7, 11) is -3.59. The highest BCUT2D eigenvalue weighted by Gasteiger charge is 2.16. The zero-order chi connectivity index (χ0) is 16.6. The van der Waals surface area contributed by atoms with Crippen molar-refractivity contribution in [2.24, 2.45) is 0 Å². The van der Waals surface area contributed by atoms with Gasteiger partial charge in [-0.25, -0.2) is 17.8 Å². The molecule has 0 radical (unpaired) electrons. The quantitative estimate of drug-likeness (QED) is 0.724. The standard InChI is InChI=1S/C16H13FN2O2S2/c1-10-9-22-16(19-10)12-5-6-18-8-13(12)11-3-4-15(14(17)7-11)23(2,20)21/h3-9H,1-2H3. The van der Waals surface area contributed by atoms with Crippen LogP contribution in [0, 0.1) is 12.7 Å². The lowest BCUT2D eigenvalue weighted by Crippen LogP contribution is -2.01. The minimum Gasteiger partial charge on any atom is -0.264 e. The molecule has 0 N–H and O–H groups in total. The molecule has 0 spiro atoms. The molecule has 0 aliphatic rings. The van der Waals surface area contributed by atoms with Crippen LogP contribution in [0.1, 0.15) is 5.69 Å². The minimum absolute atomic E-state index is 0.309. The summed E-state index contributed by atoms with van der Waals surface area (Å²) in [6.45, 7) is 1.90. The van der Waals surface area contributed by atoms with Crippen molar-refractivity contribution in [2.75, 3.05) is 6.26 Å². The van der Waals surface area contributed by atoms with E-state index in [0.717, 1.165) is 22.5 Å². The van der Waals surface area contributed by atoms with Gasteiger partial charge in [0.15, 0.2) is 9.84 Å². The Balaban J connectivity index is 2.15. The molecule has 0 aliphatic carbocycles. The van der Waals surface area contributed by atoms with Crippen LogP contribution in [-0.2, 0) is 9.84 Å². The number of sulfone groups is 1. The molecule has 4 nitrogen and oxygen atoms in total. The van der Waals surface area contributed by atoms with E-state index in [0.29, 0.717) is 11.1 Å². The lowest BCUT2D eigenvalue weighted by atomic mass is 10.0. The molecule has 0 atom stereocenters. The molecule has 1 aromatic carbocycles. The second-order valence-corrected chi connectivity index (χ2v) is 7.97. The van der Waals surface area contributed by atoms with Crippen LogP contribution in [0.15, 0.2) is 46.9 Å². The number of rotatable bonds is 3. The Labute approximate surface area is 137 Å². The molecular formula is C16H13FN2O2S2. The van der Waals surface area contributed by atoms with Crippen molar-refractivity contribution < 1.29 is 12.8 Å². The van der Waals surface area contributed by atoms with Crippen molar-refractivity contribution in [3.8, 4) is 21.7 Å². The molecule has 3 rings (SSSR count). The second-order valence-electron chi connectivity index (χ2n) is 5.13. The highest BCUT2D eigenvalue weighted by Crippen LogP contribution is 2.34. The van der Waals surface area contributed by atoms with Gasteiger partial charge in [-0.15, -0.1) is 11.3 Å². The molecule has 118 valence electrons. The van der Waals surface area contributed by atoms with Gasteiger partial charge in [0.05, 0.1) is 0 Å². The van der Waals surface area contributed by atoms with Crippen LogP contribution < -0.4 is 0 Å². The van der Waals surface area contributed by atoms with Gasteiger partial charge < -0.3 is 0 Å². The van der Waals surface area contributed by atoms with Gasteiger partial charge in [-0.1, -0.05) is 6.07 Å². The fraction of sp³-hybridized carbons (Fsp3) is 0.125. The van der Waals surface area contributed by atoms with Gasteiger partial charge in [0.25, 0.3) is 0 Å². The molecule has 0 amide bonds. The summed E-state index contributed by atoms with van der Waals surface area (Å²) in [6, 6.07) is 5.90. The Bertz CT molecular complexity index is 981. The van der Waals surface area contributed by atoms with Gasteiger partial charge in [-0.05, 0) is 30.7 Å². The molecule has 2 aromatic heterocycles. The SMILES string of the molecule is Cc1csc(-c2ccncc2-c2ccc(S(C)(=O)=O)c(F)c2)n1. The minimum atomic E-state index is -3.59. The number of benzene rings is 1. The molecule has 0 saturated carbocycles. The Morgan fingerprint density at radius 3 is 2.57 bits per heavy atom.